The zero-order chi connectivity index (χ0) is 12.5. The van der Waals surface area contributed by atoms with Gasteiger partial charge in [-0.15, -0.1) is 0 Å². The minimum Gasteiger partial charge on any atom is -0.338 e. The minimum absolute atomic E-state index is 0.172. The molecule has 1 heterocycles. The number of likely N-dealkylation sites (tertiary alicyclic amines) is 1. The molecule has 1 aliphatic rings. The van der Waals surface area contributed by atoms with Crippen LogP contribution >= 0.6 is 0 Å². The molecule has 0 saturated carbocycles. The molecule has 1 aromatic carbocycles. The van der Waals surface area contributed by atoms with Crippen LogP contribution in [-0.2, 0) is 16.8 Å². The Morgan fingerprint density at radius 1 is 1.29 bits per heavy atom. The van der Waals surface area contributed by atoms with Gasteiger partial charge in [0, 0.05) is 19.5 Å². The lowest BCUT2D eigenvalue weighted by Gasteiger charge is -2.21. The fourth-order valence-electron chi connectivity index (χ4n) is 2.23. The first kappa shape index (κ1) is 12.2. The third kappa shape index (κ3) is 2.87. The van der Waals surface area contributed by atoms with Gasteiger partial charge in [0.1, 0.15) is 0 Å². The summed E-state index contributed by atoms with van der Waals surface area (Å²) in [5, 5.41) is 0. The standard InChI is InChI=1S/C15H21NO/c1-15(2,3)13-7-4-6-12(10-13)11-16-9-5-8-14(16)17/h4,6-7,10H,5,8-9,11H2,1-3H3. The van der Waals surface area contributed by atoms with Crippen LogP contribution in [0.4, 0.5) is 0 Å². The Labute approximate surface area is 104 Å². The van der Waals surface area contributed by atoms with Crippen LogP contribution in [0.25, 0.3) is 0 Å². The summed E-state index contributed by atoms with van der Waals surface area (Å²) in [5.74, 6) is 0.297. The molecule has 2 nitrogen and oxygen atoms in total. The van der Waals surface area contributed by atoms with Gasteiger partial charge in [-0.2, -0.15) is 0 Å². The number of hydrogen-bond acceptors (Lipinski definition) is 1. The highest BCUT2D eigenvalue weighted by molar-refractivity contribution is 5.78. The van der Waals surface area contributed by atoms with Gasteiger partial charge in [0.15, 0.2) is 0 Å². The summed E-state index contributed by atoms with van der Waals surface area (Å²) in [6.45, 7) is 8.33. The Morgan fingerprint density at radius 3 is 2.65 bits per heavy atom. The quantitative estimate of drug-likeness (QED) is 0.766. The molecule has 0 aliphatic carbocycles. The summed E-state index contributed by atoms with van der Waals surface area (Å²) in [6.07, 6.45) is 1.73. The predicted octanol–water partition coefficient (Wildman–Crippen LogP) is 3.11. The molecular formula is C15H21NO. The highest BCUT2D eigenvalue weighted by Crippen LogP contribution is 2.24. The van der Waals surface area contributed by atoms with Crippen molar-refractivity contribution in [2.75, 3.05) is 6.54 Å². The molecule has 0 atom stereocenters. The molecule has 1 aromatic rings. The van der Waals surface area contributed by atoms with Crippen LogP contribution in [0.1, 0.15) is 44.7 Å². The van der Waals surface area contributed by atoms with E-state index < -0.39 is 0 Å². The summed E-state index contributed by atoms with van der Waals surface area (Å²) < 4.78 is 0. The average molecular weight is 231 g/mol. The van der Waals surface area contributed by atoms with Crippen LogP contribution in [0.2, 0.25) is 0 Å². The summed E-state index contributed by atoms with van der Waals surface area (Å²) in [5.41, 5.74) is 2.75. The van der Waals surface area contributed by atoms with E-state index in [0.29, 0.717) is 5.91 Å². The van der Waals surface area contributed by atoms with Gasteiger partial charge in [-0.05, 0) is 23.0 Å². The van der Waals surface area contributed by atoms with Crippen LogP contribution in [0.3, 0.4) is 0 Å². The van der Waals surface area contributed by atoms with E-state index in [1.54, 1.807) is 0 Å². The van der Waals surface area contributed by atoms with Crippen LogP contribution in [0, 0.1) is 0 Å². The van der Waals surface area contributed by atoms with E-state index in [4.69, 9.17) is 0 Å². The normalized spacial score (nSPS) is 16.6. The van der Waals surface area contributed by atoms with E-state index >= 15 is 0 Å². The Kier molecular flexibility index (Phi) is 3.23. The van der Waals surface area contributed by atoms with Gasteiger partial charge in [-0.3, -0.25) is 4.79 Å². The molecule has 2 rings (SSSR count). The number of amides is 1. The highest BCUT2D eigenvalue weighted by Gasteiger charge is 2.20. The second-order valence-corrected chi connectivity index (χ2v) is 5.87. The van der Waals surface area contributed by atoms with Gasteiger partial charge in [0.05, 0.1) is 0 Å². The van der Waals surface area contributed by atoms with Gasteiger partial charge in [-0.1, -0.05) is 45.0 Å². The molecule has 2 heteroatoms. The molecule has 17 heavy (non-hydrogen) atoms. The number of nitrogens with zero attached hydrogens (tertiary/aromatic N) is 1. The van der Waals surface area contributed by atoms with Crippen molar-refractivity contribution in [3.05, 3.63) is 35.4 Å². The van der Waals surface area contributed by atoms with E-state index in [1.807, 2.05) is 4.90 Å². The lowest BCUT2D eigenvalue weighted by Crippen LogP contribution is -2.24. The summed E-state index contributed by atoms with van der Waals surface area (Å²) in [6, 6.07) is 8.60. The zero-order valence-electron chi connectivity index (χ0n) is 11.0. The first-order valence-corrected chi connectivity index (χ1v) is 6.34. The second-order valence-electron chi connectivity index (χ2n) is 5.87. The molecule has 0 N–H and O–H groups in total. The fourth-order valence-corrected chi connectivity index (χ4v) is 2.23. The molecule has 1 amide bonds. The molecule has 1 saturated heterocycles. The van der Waals surface area contributed by atoms with Gasteiger partial charge in [0.2, 0.25) is 5.91 Å². The lowest BCUT2D eigenvalue weighted by molar-refractivity contribution is -0.128. The van der Waals surface area contributed by atoms with Crippen molar-refractivity contribution >= 4 is 5.91 Å². The first-order valence-electron chi connectivity index (χ1n) is 6.34. The predicted molar refractivity (Wildman–Crippen MR) is 69.8 cm³/mol. The Morgan fingerprint density at radius 2 is 2.06 bits per heavy atom. The van der Waals surface area contributed by atoms with Gasteiger partial charge in [0.25, 0.3) is 0 Å². The van der Waals surface area contributed by atoms with Crippen molar-refractivity contribution in [2.24, 2.45) is 0 Å². The Hall–Kier alpha value is -1.31. The van der Waals surface area contributed by atoms with E-state index in [2.05, 4.69) is 45.0 Å². The molecule has 1 fully saturated rings. The van der Waals surface area contributed by atoms with E-state index in [1.165, 1.54) is 11.1 Å². The van der Waals surface area contributed by atoms with Crippen molar-refractivity contribution in [1.82, 2.24) is 4.90 Å². The Bertz CT molecular complexity index is 417. The summed E-state index contributed by atoms with van der Waals surface area (Å²) in [7, 11) is 0. The average Bonchev–Trinajstić information content (AvgIpc) is 2.64. The molecule has 0 unspecified atom stereocenters. The van der Waals surface area contributed by atoms with Crippen molar-refractivity contribution in [2.45, 2.75) is 45.6 Å². The molecule has 0 radical (unpaired) electrons. The third-order valence-electron chi connectivity index (χ3n) is 3.34. The van der Waals surface area contributed by atoms with E-state index in [9.17, 15) is 4.79 Å². The summed E-state index contributed by atoms with van der Waals surface area (Å²) >= 11 is 0. The zero-order valence-corrected chi connectivity index (χ0v) is 11.0. The van der Waals surface area contributed by atoms with Crippen LogP contribution in [0.15, 0.2) is 24.3 Å². The van der Waals surface area contributed by atoms with E-state index in [-0.39, 0.29) is 5.41 Å². The number of hydrogen-bond donors (Lipinski definition) is 0. The lowest BCUT2D eigenvalue weighted by atomic mass is 9.86. The molecule has 92 valence electrons. The largest absolute Gasteiger partial charge is 0.338 e. The van der Waals surface area contributed by atoms with Crippen molar-refractivity contribution in [1.29, 1.82) is 0 Å². The van der Waals surface area contributed by atoms with Crippen LogP contribution < -0.4 is 0 Å². The van der Waals surface area contributed by atoms with Crippen LogP contribution in [0.5, 0.6) is 0 Å². The maximum Gasteiger partial charge on any atom is 0.222 e. The Balaban J connectivity index is 2.14. The number of carbonyl (C=O) groups is 1. The monoisotopic (exact) mass is 231 g/mol. The van der Waals surface area contributed by atoms with Gasteiger partial charge in [-0.25, -0.2) is 0 Å². The molecule has 0 aromatic heterocycles. The highest BCUT2D eigenvalue weighted by atomic mass is 16.2. The third-order valence-corrected chi connectivity index (χ3v) is 3.34. The fraction of sp³-hybridized carbons (Fsp3) is 0.533. The van der Waals surface area contributed by atoms with Crippen molar-refractivity contribution in [3.8, 4) is 0 Å². The maximum absolute atomic E-state index is 11.6. The van der Waals surface area contributed by atoms with Gasteiger partial charge >= 0.3 is 0 Å². The van der Waals surface area contributed by atoms with E-state index in [0.717, 1.165) is 25.9 Å². The second kappa shape index (κ2) is 4.52. The number of rotatable bonds is 2. The topological polar surface area (TPSA) is 20.3 Å². The van der Waals surface area contributed by atoms with Crippen molar-refractivity contribution in [3.63, 3.8) is 0 Å². The maximum atomic E-state index is 11.6. The smallest absolute Gasteiger partial charge is 0.222 e. The molecule has 0 spiro atoms. The van der Waals surface area contributed by atoms with Crippen molar-refractivity contribution < 1.29 is 4.79 Å². The SMILES string of the molecule is CC(C)(C)c1cccc(CN2CCCC2=O)c1. The molecular weight excluding hydrogens is 210 g/mol. The summed E-state index contributed by atoms with van der Waals surface area (Å²) in [4.78, 5) is 13.5. The molecule has 0 bridgehead atoms. The number of carbonyl (C=O) groups excluding carboxylic acids is 1. The molecule has 1 aliphatic heterocycles. The van der Waals surface area contributed by atoms with Gasteiger partial charge < -0.3 is 4.90 Å². The number of benzene rings is 1. The first-order chi connectivity index (χ1) is 7.97. The van der Waals surface area contributed by atoms with Crippen LogP contribution in [-0.4, -0.2) is 17.4 Å². The minimum atomic E-state index is 0.172.